The van der Waals surface area contributed by atoms with Gasteiger partial charge in [-0.25, -0.2) is 4.98 Å². The molecular weight excluding hydrogens is 200 g/mol. The second kappa shape index (κ2) is 4.42. The number of hydrogen-bond acceptors (Lipinski definition) is 3. The third-order valence-electron chi connectivity index (χ3n) is 3.29. The Morgan fingerprint density at radius 2 is 2.31 bits per heavy atom. The molecule has 1 aromatic heterocycles. The number of aryl methyl sites for hydroxylation is 1. The van der Waals surface area contributed by atoms with Crippen molar-refractivity contribution in [3.05, 3.63) is 23.4 Å². The van der Waals surface area contributed by atoms with Gasteiger partial charge in [-0.1, -0.05) is 6.92 Å². The molecule has 0 bridgehead atoms. The van der Waals surface area contributed by atoms with E-state index in [1.165, 1.54) is 12.0 Å². The lowest BCUT2D eigenvalue weighted by Crippen LogP contribution is -2.22. The van der Waals surface area contributed by atoms with Crippen molar-refractivity contribution < 1.29 is 4.74 Å². The van der Waals surface area contributed by atoms with Gasteiger partial charge in [-0.15, -0.1) is 0 Å². The third kappa shape index (κ3) is 2.53. The molecule has 1 atom stereocenters. The van der Waals surface area contributed by atoms with E-state index in [2.05, 4.69) is 29.4 Å². The maximum absolute atomic E-state index is 5.21. The molecule has 1 saturated heterocycles. The van der Waals surface area contributed by atoms with E-state index in [1.54, 1.807) is 7.11 Å². The zero-order chi connectivity index (χ0) is 11.6. The first-order valence-electron chi connectivity index (χ1n) is 5.84. The molecule has 0 aromatic carbocycles. The summed E-state index contributed by atoms with van der Waals surface area (Å²) in [6, 6.07) is 4.21. The molecule has 3 heteroatoms. The summed E-state index contributed by atoms with van der Waals surface area (Å²) in [5.41, 5.74) is 2.75. The van der Waals surface area contributed by atoms with Gasteiger partial charge in [-0.3, -0.25) is 0 Å². The van der Waals surface area contributed by atoms with Crippen LogP contribution in [0.5, 0.6) is 5.88 Å². The van der Waals surface area contributed by atoms with Gasteiger partial charge in [-0.05, 0) is 43.4 Å². The number of pyridine rings is 1. The summed E-state index contributed by atoms with van der Waals surface area (Å²) in [6.45, 7) is 6.60. The molecule has 88 valence electrons. The summed E-state index contributed by atoms with van der Waals surface area (Å²) in [5, 5.41) is 3.43. The largest absolute Gasteiger partial charge is 0.481 e. The fraction of sp³-hybridized carbons (Fsp3) is 0.615. The van der Waals surface area contributed by atoms with Crippen LogP contribution >= 0.6 is 0 Å². The second-order valence-electron chi connectivity index (χ2n) is 5.07. The van der Waals surface area contributed by atoms with E-state index in [4.69, 9.17) is 4.74 Å². The highest BCUT2D eigenvalue weighted by atomic mass is 16.5. The Bertz CT molecular complexity index is 370. The van der Waals surface area contributed by atoms with Crippen LogP contribution in [-0.2, 0) is 6.42 Å². The first kappa shape index (κ1) is 11.4. The zero-order valence-electron chi connectivity index (χ0n) is 10.3. The molecule has 16 heavy (non-hydrogen) atoms. The molecule has 2 heterocycles. The maximum atomic E-state index is 5.21. The lowest BCUT2D eigenvalue weighted by atomic mass is 9.83. The molecule has 2 rings (SSSR count). The van der Waals surface area contributed by atoms with Gasteiger partial charge in [-0.2, -0.15) is 0 Å². The van der Waals surface area contributed by atoms with Gasteiger partial charge < -0.3 is 10.1 Å². The van der Waals surface area contributed by atoms with Gasteiger partial charge in [0.15, 0.2) is 0 Å². The summed E-state index contributed by atoms with van der Waals surface area (Å²) in [7, 11) is 1.67. The van der Waals surface area contributed by atoms with Gasteiger partial charge in [0.05, 0.1) is 7.11 Å². The normalized spacial score (nSPS) is 24.7. The summed E-state index contributed by atoms with van der Waals surface area (Å²) < 4.78 is 5.21. The van der Waals surface area contributed by atoms with Crippen molar-refractivity contribution in [1.29, 1.82) is 0 Å². The Balaban J connectivity index is 2.17. The number of rotatable bonds is 3. The lowest BCUT2D eigenvalue weighted by molar-refractivity contribution is 0.359. The van der Waals surface area contributed by atoms with Crippen molar-refractivity contribution in [2.75, 3.05) is 20.2 Å². The minimum atomic E-state index is 0.388. The number of ether oxygens (including phenoxy) is 1. The first-order valence-corrected chi connectivity index (χ1v) is 5.84. The number of nitrogens with one attached hydrogen (secondary N) is 1. The smallest absolute Gasteiger partial charge is 0.213 e. The van der Waals surface area contributed by atoms with Crippen molar-refractivity contribution in [3.8, 4) is 5.88 Å². The first-order chi connectivity index (χ1) is 7.61. The molecule has 0 saturated carbocycles. The Morgan fingerprint density at radius 1 is 1.50 bits per heavy atom. The van der Waals surface area contributed by atoms with Crippen LogP contribution in [0.2, 0.25) is 0 Å². The number of aromatic nitrogens is 1. The van der Waals surface area contributed by atoms with Gasteiger partial charge >= 0.3 is 0 Å². The van der Waals surface area contributed by atoms with Crippen LogP contribution in [-0.4, -0.2) is 25.2 Å². The SMILES string of the molecule is COc1cc(CC2(C)CCNC2)cc(C)n1. The van der Waals surface area contributed by atoms with E-state index in [0.717, 1.165) is 31.1 Å². The third-order valence-corrected chi connectivity index (χ3v) is 3.29. The van der Waals surface area contributed by atoms with Crippen molar-refractivity contribution in [3.63, 3.8) is 0 Å². The van der Waals surface area contributed by atoms with Gasteiger partial charge in [0.25, 0.3) is 0 Å². The maximum Gasteiger partial charge on any atom is 0.213 e. The Kier molecular flexibility index (Phi) is 3.15. The fourth-order valence-corrected chi connectivity index (χ4v) is 2.43. The highest BCUT2D eigenvalue weighted by Gasteiger charge is 2.28. The molecular formula is C13H20N2O. The monoisotopic (exact) mass is 220 g/mol. The van der Waals surface area contributed by atoms with Crippen LogP contribution in [0.4, 0.5) is 0 Å². The molecule has 1 aromatic rings. The predicted octanol–water partition coefficient (Wildman–Crippen LogP) is 1.94. The quantitative estimate of drug-likeness (QED) is 0.845. The van der Waals surface area contributed by atoms with Gasteiger partial charge in [0.2, 0.25) is 5.88 Å². The average molecular weight is 220 g/mol. The van der Waals surface area contributed by atoms with Crippen LogP contribution in [0.25, 0.3) is 0 Å². The summed E-state index contributed by atoms with van der Waals surface area (Å²) in [5.74, 6) is 0.726. The minimum absolute atomic E-state index is 0.388. The molecule has 1 aliphatic rings. The van der Waals surface area contributed by atoms with Crippen LogP contribution in [0, 0.1) is 12.3 Å². The Morgan fingerprint density at radius 3 is 2.94 bits per heavy atom. The highest BCUT2D eigenvalue weighted by Crippen LogP contribution is 2.30. The van der Waals surface area contributed by atoms with E-state index in [0.29, 0.717) is 5.41 Å². The molecule has 1 N–H and O–H groups in total. The van der Waals surface area contributed by atoms with Gasteiger partial charge in [0.1, 0.15) is 0 Å². The summed E-state index contributed by atoms with van der Waals surface area (Å²) >= 11 is 0. The number of hydrogen-bond donors (Lipinski definition) is 1. The summed E-state index contributed by atoms with van der Waals surface area (Å²) in [4.78, 5) is 4.31. The minimum Gasteiger partial charge on any atom is -0.481 e. The van der Waals surface area contributed by atoms with Crippen molar-refractivity contribution in [2.24, 2.45) is 5.41 Å². The molecule has 1 unspecified atom stereocenters. The van der Waals surface area contributed by atoms with Crippen molar-refractivity contribution >= 4 is 0 Å². The van der Waals surface area contributed by atoms with E-state index in [9.17, 15) is 0 Å². The number of methoxy groups -OCH3 is 1. The molecule has 3 nitrogen and oxygen atoms in total. The molecule has 0 spiro atoms. The zero-order valence-corrected chi connectivity index (χ0v) is 10.3. The van der Waals surface area contributed by atoms with E-state index >= 15 is 0 Å². The van der Waals surface area contributed by atoms with E-state index < -0.39 is 0 Å². The van der Waals surface area contributed by atoms with Crippen molar-refractivity contribution in [2.45, 2.75) is 26.7 Å². The standard InChI is InChI=1S/C13H20N2O/c1-10-6-11(7-12(15-10)16-3)8-13(2)4-5-14-9-13/h6-7,14H,4-5,8-9H2,1-3H3. The highest BCUT2D eigenvalue weighted by molar-refractivity contribution is 5.26. The average Bonchev–Trinajstić information content (AvgIpc) is 2.63. The van der Waals surface area contributed by atoms with Crippen LogP contribution in [0.3, 0.4) is 0 Å². The van der Waals surface area contributed by atoms with E-state index in [1.807, 2.05) is 6.92 Å². The Hall–Kier alpha value is -1.09. The fourth-order valence-electron chi connectivity index (χ4n) is 2.43. The molecule has 1 fully saturated rings. The molecule has 0 aliphatic carbocycles. The van der Waals surface area contributed by atoms with E-state index in [-0.39, 0.29) is 0 Å². The number of nitrogens with zero attached hydrogens (tertiary/aromatic N) is 1. The van der Waals surface area contributed by atoms with Crippen LogP contribution in [0.15, 0.2) is 12.1 Å². The predicted molar refractivity (Wildman–Crippen MR) is 64.8 cm³/mol. The second-order valence-corrected chi connectivity index (χ2v) is 5.07. The topological polar surface area (TPSA) is 34.1 Å². The van der Waals surface area contributed by atoms with Gasteiger partial charge in [0, 0.05) is 18.3 Å². The van der Waals surface area contributed by atoms with Crippen LogP contribution in [0.1, 0.15) is 24.6 Å². The molecule has 1 aliphatic heterocycles. The molecule has 0 amide bonds. The Labute approximate surface area is 97.2 Å². The van der Waals surface area contributed by atoms with Crippen molar-refractivity contribution in [1.82, 2.24) is 10.3 Å². The van der Waals surface area contributed by atoms with Crippen LogP contribution < -0.4 is 10.1 Å². The molecule has 0 radical (unpaired) electrons. The summed E-state index contributed by atoms with van der Waals surface area (Å²) in [6.07, 6.45) is 2.34. The lowest BCUT2D eigenvalue weighted by Gasteiger charge is -2.22.